The highest BCUT2D eigenvalue weighted by Gasteiger charge is 2.37. The molecule has 0 aliphatic heterocycles. The molecule has 3 nitrogen and oxygen atoms in total. The maximum Gasteiger partial charge on any atom is 0.0631 e. The minimum Gasteiger partial charge on any atom is -0.392 e. The van der Waals surface area contributed by atoms with Crippen LogP contribution in [0.3, 0.4) is 0 Å². The number of pyridine rings is 1. The Balaban J connectivity index is 1.90. The number of aromatic nitrogens is 1. The number of aliphatic hydroxyl groups is 1. The number of nitrogens with zero attached hydrogens (tertiary/aromatic N) is 2. The SMILES string of the molecule is CN(Cc1cccnc1)CC1CCCC(C)(C)C1O. The molecule has 0 radical (unpaired) electrons. The lowest BCUT2D eigenvalue weighted by molar-refractivity contribution is -0.0414. The molecule has 3 heteroatoms. The number of rotatable bonds is 4. The van der Waals surface area contributed by atoms with Crippen LogP contribution in [-0.4, -0.2) is 34.7 Å². The van der Waals surface area contributed by atoms with Crippen molar-refractivity contribution < 1.29 is 5.11 Å². The van der Waals surface area contributed by atoms with Crippen molar-refractivity contribution in [3.8, 4) is 0 Å². The van der Waals surface area contributed by atoms with Gasteiger partial charge in [0.25, 0.3) is 0 Å². The van der Waals surface area contributed by atoms with Gasteiger partial charge in [0.2, 0.25) is 0 Å². The van der Waals surface area contributed by atoms with Crippen molar-refractivity contribution in [2.75, 3.05) is 13.6 Å². The molecule has 1 N–H and O–H groups in total. The summed E-state index contributed by atoms with van der Waals surface area (Å²) in [5, 5.41) is 10.5. The summed E-state index contributed by atoms with van der Waals surface area (Å²) in [5.74, 6) is 0.394. The number of aliphatic hydroxyl groups excluding tert-OH is 1. The van der Waals surface area contributed by atoms with Crippen molar-refractivity contribution in [2.24, 2.45) is 11.3 Å². The molecule has 1 saturated carbocycles. The van der Waals surface area contributed by atoms with Gasteiger partial charge >= 0.3 is 0 Å². The fraction of sp³-hybridized carbons (Fsp3) is 0.688. The van der Waals surface area contributed by atoms with E-state index in [1.54, 1.807) is 6.20 Å². The molecule has 0 bridgehead atoms. The van der Waals surface area contributed by atoms with Gasteiger partial charge in [-0.3, -0.25) is 4.98 Å². The van der Waals surface area contributed by atoms with E-state index in [1.165, 1.54) is 12.0 Å². The van der Waals surface area contributed by atoms with Gasteiger partial charge in [0.05, 0.1) is 6.10 Å². The molecule has 19 heavy (non-hydrogen) atoms. The molecule has 1 heterocycles. The van der Waals surface area contributed by atoms with E-state index in [2.05, 4.69) is 36.8 Å². The minimum atomic E-state index is -0.183. The molecule has 2 atom stereocenters. The summed E-state index contributed by atoms with van der Waals surface area (Å²) in [4.78, 5) is 6.44. The smallest absolute Gasteiger partial charge is 0.0631 e. The summed E-state index contributed by atoms with van der Waals surface area (Å²) in [7, 11) is 2.13. The second-order valence-electron chi connectivity index (χ2n) is 6.64. The lowest BCUT2D eigenvalue weighted by atomic mass is 9.69. The van der Waals surface area contributed by atoms with E-state index in [9.17, 15) is 5.11 Å². The van der Waals surface area contributed by atoms with Crippen LogP contribution in [0.15, 0.2) is 24.5 Å². The average Bonchev–Trinajstić information content (AvgIpc) is 2.36. The highest BCUT2D eigenvalue weighted by Crippen LogP contribution is 2.39. The van der Waals surface area contributed by atoms with Gasteiger partial charge < -0.3 is 10.0 Å². The Labute approximate surface area is 116 Å². The third-order valence-electron chi connectivity index (χ3n) is 4.36. The molecule has 1 aliphatic rings. The van der Waals surface area contributed by atoms with Gasteiger partial charge in [-0.2, -0.15) is 0 Å². The predicted molar refractivity (Wildman–Crippen MR) is 77.7 cm³/mol. The first-order chi connectivity index (χ1) is 8.99. The van der Waals surface area contributed by atoms with Crippen molar-refractivity contribution in [3.05, 3.63) is 30.1 Å². The van der Waals surface area contributed by atoms with E-state index >= 15 is 0 Å². The van der Waals surface area contributed by atoms with E-state index in [-0.39, 0.29) is 11.5 Å². The highest BCUT2D eigenvalue weighted by atomic mass is 16.3. The zero-order valence-corrected chi connectivity index (χ0v) is 12.3. The lowest BCUT2D eigenvalue weighted by Gasteiger charge is -2.42. The molecule has 2 unspecified atom stereocenters. The third kappa shape index (κ3) is 3.77. The fourth-order valence-electron chi connectivity index (χ4n) is 3.22. The van der Waals surface area contributed by atoms with Gasteiger partial charge in [0, 0.05) is 25.5 Å². The fourth-order valence-corrected chi connectivity index (χ4v) is 3.22. The van der Waals surface area contributed by atoms with Gasteiger partial charge in [-0.15, -0.1) is 0 Å². The molecule has 2 rings (SSSR count). The first-order valence-corrected chi connectivity index (χ1v) is 7.24. The van der Waals surface area contributed by atoms with Gasteiger partial charge in [-0.05, 0) is 42.9 Å². The molecule has 1 aromatic rings. The van der Waals surface area contributed by atoms with Crippen LogP contribution >= 0.6 is 0 Å². The van der Waals surface area contributed by atoms with Crippen molar-refractivity contribution in [1.82, 2.24) is 9.88 Å². The van der Waals surface area contributed by atoms with Crippen LogP contribution in [0.5, 0.6) is 0 Å². The molecular weight excluding hydrogens is 236 g/mol. The van der Waals surface area contributed by atoms with Crippen molar-refractivity contribution in [2.45, 2.75) is 45.8 Å². The predicted octanol–water partition coefficient (Wildman–Crippen LogP) is 2.70. The minimum absolute atomic E-state index is 0.0675. The van der Waals surface area contributed by atoms with Gasteiger partial charge in [-0.1, -0.05) is 26.3 Å². The van der Waals surface area contributed by atoms with E-state index in [1.807, 2.05) is 12.3 Å². The normalized spacial score (nSPS) is 26.6. The monoisotopic (exact) mass is 262 g/mol. The van der Waals surface area contributed by atoms with Crippen molar-refractivity contribution in [3.63, 3.8) is 0 Å². The Bertz CT molecular complexity index is 391. The summed E-state index contributed by atoms with van der Waals surface area (Å²) in [6, 6.07) is 4.08. The largest absolute Gasteiger partial charge is 0.392 e. The zero-order valence-electron chi connectivity index (χ0n) is 12.3. The molecule has 0 aromatic carbocycles. The Kier molecular flexibility index (Phi) is 4.58. The molecule has 1 aliphatic carbocycles. The third-order valence-corrected chi connectivity index (χ3v) is 4.36. The molecule has 1 fully saturated rings. The highest BCUT2D eigenvalue weighted by molar-refractivity contribution is 5.08. The van der Waals surface area contributed by atoms with Crippen LogP contribution in [0.25, 0.3) is 0 Å². The van der Waals surface area contributed by atoms with E-state index in [0.717, 1.165) is 25.9 Å². The van der Waals surface area contributed by atoms with Crippen LogP contribution in [0.2, 0.25) is 0 Å². The zero-order chi connectivity index (χ0) is 13.9. The van der Waals surface area contributed by atoms with E-state index in [0.29, 0.717) is 5.92 Å². The Morgan fingerprint density at radius 3 is 2.95 bits per heavy atom. The summed E-state index contributed by atoms with van der Waals surface area (Å²) in [6.45, 7) is 6.23. The van der Waals surface area contributed by atoms with Gasteiger partial charge in [0.1, 0.15) is 0 Å². The first kappa shape index (κ1) is 14.5. The Hall–Kier alpha value is -0.930. The van der Waals surface area contributed by atoms with Crippen LogP contribution in [0.1, 0.15) is 38.7 Å². The number of hydrogen-bond donors (Lipinski definition) is 1. The van der Waals surface area contributed by atoms with Gasteiger partial charge in [-0.25, -0.2) is 0 Å². The first-order valence-electron chi connectivity index (χ1n) is 7.24. The quantitative estimate of drug-likeness (QED) is 0.906. The van der Waals surface area contributed by atoms with E-state index < -0.39 is 0 Å². The second-order valence-corrected chi connectivity index (χ2v) is 6.64. The van der Waals surface area contributed by atoms with Crippen LogP contribution < -0.4 is 0 Å². The van der Waals surface area contributed by atoms with Crippen LogP contribution in [0.4, 0.5) is 0 Å². The maximum atomic E-state index is 10.5. The summed E-state index contributed by atoms with van der Waals surface area (Å²) in [5.41, 5.74) is 1.30. The Morgan fingerprint density at radius 2 is 2.26 bits per heavy atom. The topological polar surface area (TPSA) is 36.4 Å². The number of hydrogen-bond acceptors (Lipinski definition) is 3. The van der Waals surface area contributed by atoms with Crippen LogP contribution in [-0.2, 0) is 6.54 Å². The van der Waals surface area contributed by atoms with Crippen molar-refractivity contribution >= 4 is 0 Å². The molecule has 0 amide bonds. The molecule has 1 aromatic heterocycles. The molecule has 0 spiro atoms. The standard InChI is InChI=1S/C16H26N2O/c1-16(2)8-4-7-14(15(16)19)12-18(3)11-13-6-5-9-17-10-13/h5-6,9-10,14-15,19H,4,7-8,11-12H2,1-3H3. The molecule has 106 valence electrons. The molecular formula is C16H26N2O. The van der Waals surface area contributed by atoms with Crippen molar-refractivity contribution in [1.29, 1.82) is 0 Å². The average molecular weight is 262 g/mol. The summed E-state index contributed by atoms with van der Waals surface area (Å²) < 4.78 is 0. The Morgan fingerprint density at radius 1 is 1.47 bits per heavy atom. The summed E-state index contributed by atoms with van der Waals surface area (Å²) in [6.07, 6.45) is 7.04. The van der Waals surface area contributed by atoms with Gasteiger partial charge in [0.15, 0.2) is 0 Å². The molecule has 0 saturated heterocycles. The van der Waals surface area contributed by atoms with E-state index in [4.69, 9.17) is 0 Å². The maximum absolute atomic E-state index is 10.5. The second kappa shape index (κ2) is 6.02. The van der Waals surface area contributed by atoms with Crippen LogP contribution in [0, 0.1) is 11.3 Å². The lowest BCUT2D eigenvalue weighted by Crippen LogP contribution is -2.44. The summed E-state index contributed by atoms with van der Waals surface area (Å²) >= 11 is 0.